The van der Waals surface area contributed by atoms with Crippen LogP contribution >= 0.6 is 22.3 Å². The highest BCUT2D eigenvalue weighted by Crippen LogP contribution is 2.26. The van der Waals surface area contributed by atoms with Crippen molar-refractivity contribution >= 4 is 37.0 Å². The molecule has 6 nitrogen and oxygen atoms in total. The Kier molecular flexibility index (Phi) is 2.93. The van der Waals surface area contributed by atoms with Crippen LogP contribution in [0.1, 0.15) is 0 Å². The van der Waals surface area contributed by atoms with E-state index < -0.39 is 24.7 Å². The highest BCUT2D eigenvalue weighted by atomic mass is 35.7. The lowest BCUT2D eigenvalue weighted by Crippen LogP contribution is -2.01. The third-order valence-corrected chi connectivity index (χ3v) is 2.65. The first-order chi connectivity index (χ1) is 6.32. The lowest BCUT2D eigenvalue weighted by atomic mass is 10.4. The Morgan fingerprint density at radius 3 is 2.50 bits per heavy atom. The van der Waals surface area contributed by atoms with E-state index in [0.717, 1.165) is 12.3 Å². The van der Waals surface area contributed by atoms with Crippen LogP contribution in [0.25, 0.3) is 0 Å². The molecule has 0 aliphatic rings. The van der Waals surface area contributed by atoms with Gasteiger partial charge in [0.1, 0.15) is 0 Å². The average Bonchev–Trinajstić information content (AvgIpc) is 2.01. The summed E-state index contributed by atoms with van der Waals surface area (Å²) in [6.07, 6.45) is 0.962. The van der Waals surface area contributed by atoms with Gasteiger partial charge in [0.2, 0.25) is 5.03 Å². The van der Waals surface area contributed by atoms with Crippen molar-refractivity contribution in [2.45, 2.75) is 5.03 Å². The normalized spacial score (nSPS) is 11.3. The van der Waals surface area contributed by atoms with Crippen molar-refractivity contribution in [3.8, 4) is 0 Å². The fourth-order valence-corrected chi connectivity index (χ4v) is 1.81. The van der Waals surface area contributed by atoms with E-state index in [0.29, 0.717) is 0 Å². The first-order valence-electron chi connectivity index (χ1n) is 3.07. The third-order valence-electron chi connectivity index (χ3n) is 1.23. The molecule has 9 heteroatoms. The summed E-state index contributed by atoms with van der Waals surface area (Å²) < 4.78 is 21.6. The molecule has 0 fully saturated rings. The zero-order chi connectivity index (χ0) is 10.9. The van der Waals surface area contributed by atoms with Crippen LogP contribution in [0.15, 0.2) is 17.3 Å². The monoisotopic (exact) mass is 256 g/mol. The number of pyridine rings is 1. The Morgan fingerprint density at radius 2 is 2.07 bits per heavy atom. The van der Waals surface area contributed by atoms with Crippen molar-refractivity contribution in [1.82, 2.24) is 4.98 Å². The van der Waals surface area contributed by atoms with E-state index >= 15 is 0 Å². The van der Waals surface area contributed by atoms with Crippen molar-refractivity contribution < 1.29 is 13.3 Å². The van der Waals surface area contributed by atoms with Crippen molar-refractivity contribution in [2.24, 2.45) is 0 Å². The number of hydrogen-bond acceptors (Lipinski definition) is 5. The largest absolute Gasteiger partial charge is 0.309 e. The second kappa shape index (κ2) is 3.68. The van der Waals surface area contributed by atoms with Crippen molar-refractivity contribution in [1.29, 1.82) is 0 Å². The molecule has 14 heavy (non-hydrogen) atoms. The summed E-state index contributed by atoms with van der Waals surface area (Å²) >= 11 is 5.41. The molecule has 0 saturated heterocycles. The molecule has 0 N–H and O–H groups in total. The van der Waals surface area contributed by atoms with Crippen molar-refractivity contribution in [3.05, 3.63) is 27.4 Å². The van der Waals surface area contributed by atoms with Gasteiger partial charge in [-0.05, 0) is 0 Å². The fourth-order valence-electron chi connectivity index (χ4n) is 0.735. The zero-order valence-electron chi connectivity index (χ0n) is 6.35. The molecule has 0 bridgehead atoms. The number of rotatable bonds is 2. The summed E-state index contributed by atoms with van der Waals surface area (Å²) in [5.41, 5.74) is -0.743. The van der Waals surface area contributed by atoms with Crippen LogP contribution in [0.4, 0.5) is 5.69 Å². The van der Waals surface area contributed by atoms with Crippen LogP contribution in [0.2, 0.25) is 5.02 Å². The maximum absolute atomic E-state index is 10.8. The van der Waals surface area contributed by atoms with E-state index in [-0.39, 0.29) is 5.02 Å². The standard InChI is InChI=1S/C5H2Cl2N2O4S/c6-3-1-4(9(10)11)5(8-2-3)14(7,12)13/h1-2H. The molecular formula is C5H2Cl2N2O4S. The fraction of sp³-hybridized carbons (Fsp3) is 0. The molecule has 0 aliphatic heterocycles. The smallest absolute Gasteiger partial charge is 0.258 e. The maximum Gasteiger partial charge on any atom is 0.309 e. The van der Waals surface area contributed by atoms with Gasteiger partial charge in [-0.25, -0.2) is 13.4 Å². The van der Waals surface area contributed by atoms with Crippen molar-refractivity contribution in [2.75, 3.05) is 0 Å². The van der Waals surface area contributed by atoms with Gasteiger partial charge in [-0.15, -0.1) is 0 Å². The molecule has 76 valence electrons. The molecule has 1 aromatic heterocycles. The van der Waals surface area contributed by atoms with E-state index in [1.807, 2.05) is 0 Å². The number of nitrogens with zero attached hydrogens (tertiary/aromatic N) is 2. The quantitative estimate of drug-likeness (QED) is 0.455. The van der Waals surface area contributed by atoms with E-state index in [1.54, 1.807) is 0 Å². The lowest BCUT2D eigenvalue weighted by Gasteiger charge is -1.97. The molecule has 1 heterocycles. The van der Waals surface area contributed by atoms with E-state index in [9.17, 15) is 18.5 Å². The van der Waals surface area contributed by atoms with Crippen molar-refractivity contribution in [3.63, 3.8) is 0 Å². The zero-order valence-corrected chi connectivity index (χ0v) is 8.67. The van der Waals surface area contributed by atoms with Gasteiger partial charge in [0, 0.05) is 22.9 Å². The Labute approximate surface area is 88.0 Å². The summed E-state index contributed by atoms with van der Waals surface area (Å²) in [7, 11) is 0.688. The van der Waals surface area contributed by atoms with Gasteiger partial charge in [-0.2, -0.15) is 0 Å². The molecule has 0 saturated carbocycles. The summed E-state index contributed by atoms with van der Waals surface area (Å²) in [5.74, 6) is 0. The molecule has 0 aromatic carbocycles. The molecule has 0 spiro atoms. The van der Waals surface area contributed by atoms with Crippen LogP contribution in [-0.2, 0) is 9.05 Å². The van der Waals surface area contributed by atoms with E-state index in [4.69, 9.17) is 22.3 Å². The predicted octanol–water partition coefficient (Wildman–Crippen LogP) is 1.57. The summed E-state index contributed by atoms with van der Waals surface area (Å²) in [5, 5.41) is 9.55. The summed E-state index contributed by atoms with van der Waals surface area (Å²) in [6.45, 7) is 0. The van der Waals surface area contributed by atoms with E-state index in [1.165, 1.54) is 0 Å². The van der Waals surface area contributed by atoms with Crippen LogP contribution in [0, 0.1) is 10.1 Å². The first kappa shape index (κ1) is 11.2. The lowest BCUT2D eigenvalue weighted by molar-refractivity contribution is -0.388. The molecule has 0 radical (unpaired) electrons. The molecule has 0 atom stereocenters. The van der Waals surface area contributed by atoms with Crippen LogP contribution in [-0.4, -0.2) is 18.3 Å². The second-order valence-electron chi connectivity index (χ2n) is 2.17. The topological polar surface area (TPSA) is 90.2 Å². The van der Waals surface area contributed by atoms with Gasteiger partial charge in [0.05, 0.1) is 9.95 Å². The van der Waals surface area contributed by atoms with Gasteiger partial charge < -0.3 is 0 Å². The van der Waals surface area contributed by atoms with Crippen LogP contribution < -0.4 is 0 Å². The minimum atomic E-state index is -4.23. The van der Waals surface area contributed by atoms with Crippen LogP contribution in [0.3, 0.4) is 0 Å². The SMILES string of the molecule is O=[N+]([O-])c1cc(Cl)cnc1S(=O)(=O)Cl. The molecule has 1 aromatic rings. The third kappa shape index (κ3) is 2.31. The number of hydrogen-bond donors (Lipinski definition) is 0. The van der Waals surface area contributed by atoms with Gasteiger partial charge in [-0.1, -0.05) is 11.6 Å². The maximum atomic E-state index is 10.8. The molecule has 0 aliphatic carbocycles. The van der Waals surface area contributed by atoms with Gasteiger partial charge in [-0.3, -0.25) is 10.1 Å². The first-order valence-corrected chi connectivity index (χ1v) is 5.75. The number of nitro groups is 1. The number of aromatic nitrogens is 1. The Bertz CT molecular complexity index is 487. The van der Waals surface area contributed by atoms with Crippen LogP contribution in [0.5, 0.6) is 0 Å². The Balaban J connectivity index is 3.53. The Morgan fingerprint density at radius 1 is 1.50 bits per heavy atom. The van der Waals surface area contributed by atoms with Gasteiger partial charge in [0.15, 0.2) is 0 Å². The minimum Gasteiger partial charge on any atom is -0.258 e. The van der Waals surface area contributed by atoms with E-state index in [2.05, 4.69) is 4.98 Å². The summed E-state index contributed by atoms with van der Waals surface area (Å²) in [6, 6.07) is 0.865. The summed E-state index contributed by atoms with van der Waals surface area (Å²) in [4.78, 5) is 12.8. The molecular weight excluding hydrogens is 255 g/mol. The highest BCUT2D eigenvalue weighted by molar-refractivity contribution is 8.13. The number of halogens is 2. The molecule has 0 amide bonds. The molecule has 0 unspecified atom stereocenters. The highest BCUT2D eigenvalue weighted by Gasteiger charge is 2.26. The average molecular weight is 257 g/mol. The molecule has 1 rings (SSSR count). The van der Waals surface area contributed by atoms with Gasteiger partial charge in [0.25, 0.3) is 9.05 Å². The van der Waals surface area contributed by atoms with Gasteiger partial charge >= 0.3 is 5.69 Å². The second-order valence-corrected chi connectivity index (χ2v) is 5.09. The Hall–Kier alpha value is -0.920. The predicted molar refractivity (Wildman–Crippen MR) is 48.9 cm³/mol. The minimum absolute atomic E-state index is 0.0410.